The maximum absolute atomic E-state index is 12.6. The number of rotatable bonds is 5. The van der Waals surface area contributed by atoms with E-state index < -0.39 is 0 Å². The highest BCUT2D eigenvalue weighted by Crippen LogP contribution is 2.39. The Balaban J connectivity index is 1.57. The van der Waals surface area contributed by atoms with Crippen LogP contribution in [0, 0.1) is 0 Å². The van der Waals surface area contributed by atoms with Gasteiger partial charge in [-0.1, -0.05) is 18.7 Å². The van der Waals surface area contributed by atoms with Crippen LogP contribution in [-0.2, 0) is 4.79 Å². The van der Waals surface area contributed by atoms with Gasteiger partial charge in [-0.05, 0) is 26.3 Å². The first-order valence-electron chi connectivity index (χ1n) is 7.98. The first-order valence-corrected chi connectivity index (χ1v) is 8.86. The number of hydrogen-bond donors (Lipinski definition) is 1. The number of piperazine rings is 1. The van der Waals surface area contributed by atoms with E-state index in [9.17, 15) is 4.79 Å². The molecule has 1 saturated carbocycles. The third kappa shape index (κ3) is 3.22. The molecule has 2 heterocycles. The third-order valence-corrected chi connectivity index (χ3v) is 5.44. The van der Waals surface area contributed by atoms with Gasteiger partial charge < -0.3 is 15.6 Å². The molecule has 0 radical (unpaired) electrons. The summed E-state index contributed by atoms with van der Waals surface area (Å²) in [6.07, 6.45) is 2.27. The minimum absolute atomic E-state index is 0.164. The highest BCUT2D eigenvalue weighted by Gasteiger charge is 2.31. The highest BCUT2D eigenvalue weighted by atomic mass is 32.2. The number of carbonyl (C=O) groups excluding carboxylic acids is 1. The molecule has 1 amide bonds. The Morgan fingerprint density at radius 2 is 2.00 bits per heavy atom. The van der Waals surface area contributed by atoms with E-state index in [0.29, 0.717) is 11.1 Å². The molecular formula is C14H24N6OS. The number of carbonyl (C=O) groups is 1. The molecule has 1 aliphatic heterocycles. The van der Waals surface area contributed by atoms with Crippen molar-refractivity contribution in [1.82, 2.24) is 24.7 Å². The van der Waals surface area contributed by atoms with E-state index in [4.69, 9.17) is 5.84 Å². The molecule has 22 heavy (non-hydrogen) atoms. The fourth-order valence-corrected chi connectivity index (χ4v) is 3.60. The number of nitrogen functional groups attached to an aromatic ring is 1. The normalized spacial score (nSPS) is 21.1. The van der Waals surface area contributed by atoms with Gasteiger partial charge in [-0.2, -0.15) is 0 Å². The second-order valence-electron chi connectivity index (χ2n) is 6.00. The van der Waals surface area contributed by atoms with Crippen molar-refractivity contribution < 1.29 is 4.79 Å². The van der Waals surface area contributed by atoms with Crippen LogP contribution in [0.25, 0.3) is 0 Å². The molecule has 0 bridgehead atoms. The van der Waals surface area contributed by atoms with Crippen molar-refractivity contribution in [2.75, 3.05) is 38.6 Å². The molecule has 3 rings (SSSR count). The van der Waals surface area contributed by atoms with Gasteiger partial charge in [0.25, 0.3) is 0 Å². The van der Waals surface area contributed by atoms with Gasteiger partial charge in [0, 0.05) is 32.1 Å². The Morgan fingerprint density at radius 1 is 1.32 bits per heavy atom. The first kappa shape index (κ1) is 15.6. The van der Waals surface area contributed by atoms with Gasteiger partial charge in [-0.15, -0.1) is 10.2 Å². The molecule has 0 aromatic carbocycles. The van der Waals surface area contributed by atoms with E-state index in [-0.39, 0.29) is 11.2 Å². The van der Waals surface area contributed by atoms with E-state index in [1.165, 1.54) is 11.8 Å². The molecule has 1 aliphatic carbocycles. The number of nitrogens with two attached hydrogens (primary N) is 1. The van der Waals surface area contributed by atoms with E-state index in [1.807, 2.05) is 11.8 Å². The van der Waals surface area contributed by atoms with Crippen molar-refractivity contribution in [2.24, 2.45) is 0 Å². The summed E-state index contributed by atoms with van der Waals surface area (Å²) in [6.45, 7) is 8.65. The van der Waals surface area contributed by atoms with E-state index in [0.717, 1.165) is 51.4 Å². The van der Waals surface area contributed by atoms with Gasteiger partial charge in [0.05, 0.1) is 5.25 Å². The van der Waals surface area contributed by atoms with E-state index in [1.54, 1.807) is 4.68 Å². The fourth-order valence-electron chi connectivity index (χ4n) is 2.74. The predicted octanol–water partition coefficient (Wildman–Crippen LogP) is 0.514. The second kappa shape index (κ2) is 6.45. The zero-order valence-electron chi connectivity index (χ0n) is 13.2. The zero-order valence-corrected chi connectivity index (χ0v) is 14.1. The summed E-state index contributed by atoms with van der Waals surface area (Å²) in [5.41, 5.74) is 0. The summed E-state index contributed by atoms with van der Waals surface area (Å²) in [5.74, 6) is 7.51. The summed E-state index contributed by atoms with van der Waals surface area (Å²) in [4.78, 5) is 16.9. The minimum atomic E-state index is -0.188. The van der Waals surface area contributed by atoms with Crippen LogP contribution >= 0.6 is 11.8 Å². The molecule has 8 heteroatoms. The smallest absolute Gasteiger partial charge is 0.235 e. The Kier molecular flexibility index (Phi) is 4.58. The van der Waals surface area contributed by atoms with Crippen molar-refractivity contribution in [1.29, 1.82) is 0 Å². The molecule has 2 aliphatic rings. The van der Waals surface area contributed by atoms with Gasteiger partial charge >= 0.3 is 0 Å². The van der Waals surface area contributed by atoms with Crippen LogP contribution in [0.2, 0.25) is 0 Å². The molecule has 7 nitrogen and oxygen atoms in total. The minimum Gasteiger partial charge on any atom is -0.339 e. The molecule has 1 aromatic rings. The van der Waals surface area contributed by atoms with Gasteiger partial charge in [0.2, 0.25) is 11.1 Å². The number of amides is 1. The summed E-state index contributed by atoms with van der Waals surface area (Å²) in [7, 11) is 0. The van der Waals surface area contributed by atoms with Gasteiger partial charge in [0.1, 0.15) is 0 Å². The van der Waals surface area contributed by atoms with Gasteiger partial charge in [-0.25, -0.2) is 4.68 Å². The summed E-state index contributed by atoms with van der Waals surface area (Å²) in [5, 5.41) is 8.75. The Bertz CT molecular complexity index is 535. The second-order valence-corrected chi connectivity index (χ2v) is 7.31. The molecule has 1 aromatic heterocycles. The third-order valence-electron chi connectivity index (χ3n) is 4.39. The van der Waals surface area contributed by atoms with Crippen LogP contribution in [0.3, 0.4) is 0 Å². The highest BCUT2D eigenvalue weighted by molar-refractivity contribution is 8.00. The molecule has 122 valence electrons. The zero-order chi connectivity index (χ0) is 15.7. The topological polar surface area (TPSA) is 80.3 Å². The van der Waals surface area contributed by atoms with Crippen LogP contribution in [-0.4, -0.2) is 68.6 Å². The lowest BCUT2D eigenvalue weighted by atomic mass is 10.3. The Morgan fingerprint density at radius 3 is 2.59 bits per heavy atom. The average Bonchev–Trinajstić information content (AvgIpc) is 3.32. The lowest BCUT2D eigenvalue weighted by molar-refractivity contribution is -0.132. The maximum atomic E-state index is 12.6. The maximum Gasteiger partial charge on any atom is 0.235 e. The van der Waals surface area contributed by atoms with Crippen LogP contribution in [0.1, 0.15) is 38.4 Å². The van der Waals surface area contributed by atoms with Crippen molar-refractivity contribution >= 4 is 17.7 Å². The number of likely N-dealkylation sites (N-methyl/N-ethyl adjacent to an activating group) is 1. The molecular weight excluding hydrogens is 300 g/mol. The van der Waals surface area contributed by atoms with E-state index in [2.05, 4.69) is 22.0 Å². The summed E-state index contributed by atoms with van der Waals surface area (Å²) in [6, 6.07) is 0. The average molecular weight is 324 g/mol. The molecule has 0 spiro atoms. The fraction of sp³-hybridized carbons (Fsp3) is 0.786. The summed E-state index contributed by atoms with van der Waals surface area (Å²) >= 11 is 1.40. The van der Waals surface area contributed by atoms with E-state index >= 15 is 0 Å². The van der Waals surface area contributed by atoms with Crippen LogP contribution < -0.4 is 5.84 Å². The van der Waals surface area contributed by atoms with Crippen molar-refractivity contribution in [3.63, 3.8) is 0 Å². The predicted molar refractivity (Wildman–Crippen MR) is 86.2 cm³/mol. The standard InChI is InChI=1S/C14H24N6OS/c1-3-18-6-8-19(9-7-18)13(21)10(2)22-14-17-16-12(20(14)15)11-4-5-11/h10-11H,3-9,15H2,1-2H3. The van der Waals surface area contributed by atoms with Gasteiger partial charge in [0.15, 0.2) is 5.82 Å². The first-order chi connectivity index (χ1) is 10.6. The Labute approximate surface area is 135 Å². The van der Waals surface area contributed by atoms with Crippen LogP contribution in [0.15, 0.2) is 5.16 Å². The van der Waals surface area contributed by atoms with Crippen LogP contribution in [0.4, 0.5) is 0 Å². The SMILES string of the molecule is CCN1CCN(C(=O)C(C)Sc2nnc(C3CC3)n2N)CC1. The molecule has 1 saturated heterocycles. The lowest BCUT2D eigenvalue weighted by Crippen LogP contribution is -2.50. The summed E-state index contributed by atoms with van der Waals surface area (Å²) < 4.78 is 1.56. The quantitative estimate of drug-likeness (QED) is 0.628. The van der Waals surface area contributed by atoms with Crippen molar-refractivity contribution in [3.8, 4) is 0 Å². The monoisotopic (exact) mass is 324 g/mol. The molecule has 1 unspecified atom stereocenters. The van der Waals surface area contributed by atoms with Crippen LogP contribution in [0.5, 0.6) is 0 Å². The number of aromatic nitrogens is 3. The van der Waals surface area contributed by atoms with Crippen molar-refractivity contribution in [3.05, 3.63) is 5.82 Å². The molecule has 1 atom stereocenters. The number of hydrogen-bond acceptors (Lipinski definition) is 6. The largest absolute Gasteiger partial charge is 0.339 e. The molecule has 2 fully saturated rings. The lowest BCUT2D eigenvalue weighted by Gasteiger charge is -2.35. The Hall–Kier alpha value is -1.28. The molecule has 2 N–H and O–H groups in total. The number of nitrogens with zero attached hydrogens (tertiary/aromatic N) is 5. The van der Waals surface area contributed by atoms with Crippen molar-refractivity contribution in [2.45, 2.75) is 43.0 Å². The van der Waals surface area contributed by atoms with Gasteiger partial charge in [-0.3, -0.25) is 4.79 Å². The number of thioether (sulfide) groups is 1.